The minimum atomic E-state index is -0.374. The third-order valence-electron chi connectivity index (χ3n) is 3.01. The molecule has 2 rings (SSSR count). The van der Waals surface area contributed by atoms with Gasteiger partial charge in [0.05, 0.1) is 18.9 Å². The molecule has 0 radical (unpaired) electrons. The molecule has 4 N–H and O–H groups in total. The first kappa shape index (κ1) is 17.0. The summed E-state index contributed by atoms with van der Waals surface area (Å²) in [5, 5.41) is 7.25. The summed E-state index contributed by atoms with van der Waals surface area (Å²) in [6.07, 6.45) is 1.53. The van der Waals surface area contributed by atoms with E-state index in [2.05, 4.69) is 10.2 Å². The number of nitrogens with zero attached hydrogens (tertiary/aromatic N) is 2. The van der Waals surface area contributed by atoms with Crippen LogP contribution in [0.2, 0.25) is 0 Å². The summed E-state index contributed by atoms with van der Waals surface area (Å²) in [6.45, 7) is 0.340. The molecule has 0 aromatic heterocycles. The Hall–Kier alpha value is -3.35. The normalized spacial score (nSPS) is 10.4. The number of benzene rings is 2. The van der Waals surface area contributed by atoms with Gasteiger partial charge in [0, 0.05) is 0 Å². The number of hydrogen-bond acceptors (Lipinski definition) is 5. The van der Waals surface area contributed by atoms with Crippen LogP contribution in [0.4, 0.5) is 0 Å². The van der Waals surface area contributed by atoms with Crippen LogP contribution in [0, 0.1) is 0 Å². The fourth-order valence-corrected chi connectivity index (χ4v) is 1.88. The Labute approximate surface area is 139 Å². The van der Waals surface area contributed by atoms with Crippen LogP contribution in [0.25, 0.3) is 0 Å². The molecule has 0 bridgehead atoms. The number of nitrogens with two attached hydrogens (primary N) is 2. The molecular weight excluding hydrogens is 308 g/mol. The molecule has 0 saturated carbocycles. The predicted octanol–water partition coefficient (Wildman–Crippen LogP) is 1.66. The second kappa shape index (κ2) is 8.33. The maximum atomic E-state index is 11.5. The average molecular weight is 326 g/mol. The fraction of sp³-hybridized carbons (Fsp3) is 0.118. The summed E-state index contributed by atoms with van der Waals surface area (Å²) >= 11 is 0. The van der Waals surface area contributed by atoms with E-state index in [9.17, 15) is 4.79 Å². The molecule has 0 atom stereocenters. The smallest absolute Gasteiger partial charge is 0.337 e. The summed E-state index contributed by atoms with van der Waals surface area (Å²) in [5.74, 6) is 0.221. The van der Waals surface area contributed by atoms with Crippen molar-refractivity contribution in [2.75, 3.05) is 7.11 Å². The lowest BCUT2D eigenvalue weighted by molar-refractivity contribution is 0.0600. The van der Waals surface area contributed by atoms with Crippen LogP contribution in [-0.4, -0.2) is 25.3 Å². The molecule has 124 valence electrons. The van der Waals surface area contributed by atoms with Crippen LogP contribution in [-0.2, 0) is 11.3 Å². The zero-order valence-corrected chi connectivity index (χ0v) is 13.2. The largest absolute Gasteiger partial charge is 0.489 e. The first-order valence-electron chi connectivity index (χ1n) is 7.10. The molecule has 0 fully saturated rings. The Kier molecular flexibility index (Phi) is 5.90. The molecule has 7 nitrogen and oxygen atoms in total. The van der Waals surface area contributed by atoms with Gasteiger partial charge in [0.1, 0.15) is 12.4 Å². The van der Waals surface area contributed by atoms with Crippen molar-refractivity contribution in [2.45, 2.75) is 6.61 Å². The molecule has 2 aromatic rings. The SMILES string of the molecule is COC(=O)c1cccc(COc2ccc(C=NN=C(N)N)cc2)c1. The average Bonchev–Trinajstić information content (AvgIpc) is 2.60. The highest BCUT2D eigenvalue weighted by Crippen LogP contribution is 2.14. The minimum absolute atomic E-state index is 0.0969. The summed E-state index contributed by atoms with van der Waals surface area (Å²) in [5.41, 5.74) is 12.6. The van der Waals surface area contributed by atoms with E-state index in [0.29, 0.717) is 17.9 Å². The number of hydrogen-bond donors (Lipinski definition) is 2. The molecule has 0 amide bonds. The van der Waals surface area contributed by atoms with E-state index in [1.807, 2.05) is 18.2 Å². The van der Waals surface area contributed by atoms with Crippen molar-refractivity contribution in [1.82, 2.24) is 0 Å². The second-order valence-corrected chi connectivity index (χ2v) is 4.82. The number of guanidine groups is 1. The number of ether oxygens (including phenoxy) is 2. The molecule has 24 heavy (non-hydrogen) atoms. The highest BCUT2D eigenvalue weighted by molar-refractivity contribution is 5.89. The lowest BCUT2D eigenvalue weighted by Gasteiger charge is -2.07. The lowest BCUT2D eigenvalue weighted by atomic mass is 10.1. The molecule has 0 aliphatic heterocycles. The van der Waals surface area contributed by atoms with E-state index in [-0.39, 0.29) is 11.9 Å². The summed E-state index contributed by atoms with van der Waals surface area (Å²) in [4.78, 5) is 11.5. The fourth-order valence-electron chi connectivity index (χ4n) is 1.88. The first-order valence-corrected chi connectivity index (χ1v) is 7.10. The molecular formula is C17H18N4O3. The van der Waals surface area contributed by atoms with Crippen molar-refractivity contribution in [2.24, 2.45) is 21.7 Å². The molecule has 0 heterocycles. The van der Waals surface area contributed by atoms with Gasteiger partial charge in [-0.1, -0.05) is 12.1 Å². The minimum Gasteiger partial charge on any atom is -0.489 e. The van der Waals surface area contributed by atoms with E-state index < -0.39 is 0 Å². The number of methoxy groups -OCH3 is 1. The van der Waals surface area contributed by atoms with E-state index in [4.69, 9.17) is 20.9 Å². The van der Waals surface area contributed by atoms with Crippen LogP contribution >= 0.6 is 0 Å². The quantitative estimate of drug-likeness (QED) is 0.363. The van der Waals surface area contributed by atoms with Crippen LogP contribution in [0.1, 0.15) is 21.5 Å². The maximum absolute atomic E-state index is 11.5. The van der Waals surface area contributed by atoms with Gasteiger partial charge in [0.2, 0.25) is 5.96 Å². The topological polar surface area (TPSA) is 112 Å². The Morgan fingerprint density at radius 2 is 1.92 bits per heavy atom. The van der Waals surface area contributed by atoms with Crippen molar-refractivity contribution >= 4 is 18.1 Å². The van der Waals surface area contributed by atoms with Gasteiger partial charge in [-0.25, -0.2) is 4.79 Å². The van der Waals surface area contributed by atoms with Crippen molar-refractivity contribution < 1.29 is 14.3 Å². The third kappa shape index (κ3) is 5.13. The summed E-state index contributed by atoms with van der Waals surface area (Å²) in [7, 11) is 1.35. The van der Waals surface area contributed by atoms with Crippen molar-refractivity contribution in [3.05, 3.63) is 65.2 Å². The van der Waals surface area contributed by atoms with E-state index >= 15 is 0 Å². The lowest BCUT2D eigenvalue weighted by Crippen LogP contribution is -2.21. The van der Waals surface area contributed by atoms with Gasteiger partial charge in [-0.05, 0) is 47.5 Å². The van der Waals surface area contributed by atoms with E-state index in [1.54, 1.807) is 30.3 Å². The standard InChI is InChI=1S/C17H18N4O3/c1-23-16(22)14-4-2-3-13(9-14)11-24-15-7-5-12(6-8-15)10-20-21-17(18)19/h2-10H,11H2,1H3,(H4,18,19,21). The Morgan fingerprint density at radius 1 is 1.17 bits per heavy atom. The monoisotopic (exact) mass is 326 g/mol. The van der Waals surface area contributed by atoms with Gasteiger partial charge >= 0.3 is 5.97 Å². The van der Waals surface area contributed by atoms with E-state index in [0.717, 1.165) is 11.1 Å². The van der Waals surface area contributed by atoms with Crippen LogP contribution in [0.3, 0.4) is 0 Å². The molecule has 0 saturated heterocycles. The number of rotatable bonds is 6. The molecule has 0 spiro atoms. The first-order chi connectivity index (χ1) is 11.6. The van der Waals surface area contributed by atoms with Crippen molar-refractivity contribution in [3.63, 3.8) is 0 Å². The molecule has 0 aliphatic rings. The van der Waals surface area contributed by atoms with Gasteiger partial charge in [-0.3, -0.25) is 0 Å². The molecule has 0 unspecified atom stereocenters. The number of carbonyl (C=O) groups excluding carboxylic acids is 1. The van der Waals surface area contributed by atoms with E-state index in [1.165, 1.54) is 13.3 Å². The van der Waals surface area contributed by atoms with Crippen molar-refractivity contribution in [1.29, 1.82) is 0 Å². The third-order valence-corrected chi connectivity index (χ3v) is 3.01. The second-order valence-electron chi connectivity index (χ2n) is 4.82. The maximum Gasteiger partial charge on any atom is 0.337 e. The van der Waals surface area contributed by atoms with Crippen molar-refractivity contribution in [3.8, 4) is 5.75 Å². The number of esters is 1. The van der Waals surface area contributed by atoms with Crippen LogP contribution < -0.4 is 16.2 Å². The zero-order chi connectivity index (χ0) is 17.4. The molecule has 0 aliphatic carbocycles. The highest BCUT2D eigenvalue weighted by atomic mass is 16.5. The zero-order valence-electron chi connectivity index (χ0n) is 13.2. The highest BCUT2D eigenvalue weighted by Gasteiger charge is 2.05. The predicted molar refractivity (Wildman–Crippen MR) is 92.0 cm³/mol. The Bertz CT molecular complexity index is 751. The Morgan fingerprint density at radius 3 is 2.58 bits per heavy atom. The van der Waals surface area contributed by atoms with Gasteiger partial charge in [-0.15, -0.1) is 5.10 Å². The van der Waals surface area contributed by atoms with Gasteiger partial charge in [0.15, 0.2) is 0 Å². The number of carbonyl (C=O) groups is 1. The van der Waals surface area contributed by atoms with Gasteiger partial charge in [0.25, 0.3) is 0 Å². The summed E-state index contributed by atoms with van der Waals surface area (Å²) in [6, 6.07) is 14.4. The van der Waals surface area contributed by atoms with Gasteiger partial charge < -0.3 is 20.9 Å². The van der Waals surface area contributed by atoms with Crippen LogP contribution in [0.15, 0.2) is 58.7 Å². The summed E-state index contributed by atoms with van der Waals surface area (Å²) < 4.78 is 10.4. The Balaban J connectivity index is 1.96. The van der Waals surface area contributed by atoms with Crippen LogP contribution in [0.5, 0.6) is 5.75 Å². The molecule has 7 heteroatoms. The van der Waals surface area contributed by atoms with Gasteiger partial charge in [-0.2, -0.15) is 5.10 Å². The molecule has 2 aromatic carbocycles.